The van der Waals surface area contributed by atoms with Gasteiger partial charge in [-0.3, -0.25) is 0 Å². The highest BCUT2D eigenvalue weighted by molar-refractivity contribution is 5.84. The first-order valence-electron chi connectivity index (χ1n) is 5.91. The van der Waals surface area contributed by atoms with Gasteiger partial charge in [-0.25, -0.2) is 4.98 Å². The van der Waals surface area contributed by atoms with Crippen molar-refractivity contribution < 1.29 is 0 Å². The van der Waals surface area contributed by atoms with Crippen LogP contribution in [-0.4, -0.2) is 40.1 Å². The zero-order valence-electron chi connectivity index (χ0n) is 10.1. The molecule has 17 heavy (non-hydrogen) atoms. The van der Waals surface area contributed by atoms with Crippen LogP contribution in [0.25, 0.3) is 11.2 Å². The van der Waals surface area contributed by atoms with E-state index in [1.807, 2.05) is 7.05 Å². The lowest BCUT2D eigenvalue weighted by Crippen LogP contribution is -2.21. The molecule has 2 N–H and O–H groups in total. The van der Waals surface area contributed by atoms with E-state index in [4.69, 9.17) is 0 Å². The van der Waals surface area contributed by atoms with Gasteiger partial charge < -0.3 is 15.2 Å². The molecule has 1 saturated heterocycles. The van der Waals surface area contributed by atoms with Crippen molar-refractivity contribution in [3.8, 4) is 0 Å². The summed E-state index contributed by atoms with van der Waals surface area (Å²) >= 11 is 0. The third kappa shape index (κ3) is 1.69. The lowest BCUT2D eigenvalue weighted by atomic mass is 10.2. The van der Waals surface area contributed by atoms with Crippen LogP contribution < -0.4 is 10.2 Å². The van der Waals surface area contributed by atoms with Crippen molar-refractivity contribution in [2.24, 2.45) is 5.92 Å². The smallest absolute Gasteiger partial charge is 0.226 e. The molecule has 1 unspecified atom stereocenters. The van der Waals surface area contributed by atoms with Crippen LogP contribution in [0.4, 0.5) is 11.8 Å². The van der Waals surface area contributed by atoms with Crippen molar-refractivity contribution in [2.45, 2.75) is 13.3 Å². The number of imidazole rings is 1. The van der Waals surface area contributed by atoms with Gasteiger partial charge in [0.1, 0.15) is 5.52 Å². The quantitative estimate of drug-likeness (QED) is 0.815. The highest BCUT2D eigenvalue weighted by Gasteiger charge is 2.23. The molecule has 3 rings (SSSR count). The number of hydrogen-bond acceptors (Lipinski definition) is 5. The molecular weight excluding hydrogens is 216 g/mol. The Balaban J connectivity index is 2.10. The summed E-state index contributed by atoms with van der Waals surface area (Å²) in [6, 6.07) is 0. The molecule has 0 amide bonds. The van der Waals surface area contributed by atoms with E-state index in [1.165, 1.54) is 6.42 Å². The fourth-order valence-electron chi connectivity index (χ4n) is 2.29. The number of hydrogen-bond donors (Lipinski definition) is 2. The Hall–Kier alpha value is -1.85. The summed E-state index contributed by atoms with van der Waals surface area (Å²) in [7, 11) is 1.82. The third-order valence-electron chi connectivity index (χ3n) is 3.21. The molecule has 90 valence electrons. The maximum atomic E-state index is 4.54. The molecule has 1 fully saturated rings. The van der Waals surface area contributed by atoms with Gasteiger partial charge in [0.15, 0.2) is 11.5 Å². The van der Waals surface area contributed by atoms with Gasteiger partial charge in [0.05, 0.1) is 6.33 Å². The van der Waals surface area contributed by atoms with Gasteiger partial charge >= 0.3 is 0 Å². The second-order valence-electron chi connectivity index (χ2n) is 4.56. The summed E-state index contributed by atoms with van der Waals surface area (Å²) < 4.78 is 0. The minimum Gasteiger partial charge on any atom is -0.357 e. The van der Waals surface area contributed by atoms with Gasteiger partial charge in [0.25, 0.3) is 0 Å². The van der Waals surface area contributed by atoms with Crippen LogP contribution in [0, 0.1) is 5.92 Å². The SMILES string of the molecule is CNc1nc(N2CCC(C)C2)c2[nH]cnc2n1. The van der Waals surface area contributed by atoms with Gasteiger partial charge in [-0.15, -0.1) is 0 Å². The molecule has 0 spiro atoms. The van der Waals surface area contributed by atoms with Crippen LogP contribution in [0.15, 0.2) is 6.33 Å². The summed E-state index contributed by atoms with van der Waals surface area (Å²) in [6.45, 7) is 4.37. The maximum absolute atomic E-state index is 4.54. The topological polar surface area (TPSA) is 69.7 Å². The monoisotopic (exact) mass is 232 g/mol. The van der Waals surface area contributed by atoms with Crippen LogP contribution in [0.1, 0.15) is 13.3 Å². The van der Waals surface area contributed by atoms with Crippen LogP contribution >= 0.6 is 0 Å². The second kappa shape index (κ2) is 3.87. The second-order valence-corrected chi connectivity index (χ2v) is 4.56. The fourth-order valence-corrected chi connectivity index (χ4v) is 2.29. The third-order valence-corrected chi connectivity index (χ3v) is 3.21. The number of aromatic amines is 1. The fraction of sp³-hybridized carbons (Fsp3) is 0.545. The van der Waals surface area contributed by atoms with Crippen molar-refractivity contribution in [2.75, 3.05) is 30.4 Å². The number of anilines is 2. The first kappa shape index (κ1) is 10.3. The molecule has 1 aliphatic rings. The molecule has 0 radical (unpaired) electrons. The van der Waals surface area contributed by atoms with E-state index < -0.39 is 0 Å². The first-order valence-corrected chi connectivity index (χ1v) is 5.91. The van der Waals surface area contributed by atoms with Crippen molar-refractivity contribution in [1.29, 1.82) is 0 Å². The summed E-state index contributed by atoms with van der Waals surface area (Å²) in [5, 5.41) is 2.98. The van der Waals surface area contributed by atoms with E-state index in [0.717, 1.165) is 36.0 Å². The van der Waals surface area contributed by atoms with E-state index in [-0.39, 0.29) is 0 Å². The molecule has 0 bridgehead atoms. The van der Waals surface area contributed by atoms with Gasteiger partial charge in [0.2, 0.25) is 5.95 Å². The Morgan fingerprint density at radius 2 is 2.35 bits per heavy atom. The molecule has 3 heterocycles. The van der Waals surface area contributed by atoms with Crippen molar-refractivity contribution in [3.63, 3.8) is 0 Å². The first-order chi connectivity index (χ1) is 8.28. The van der Waals surface area contributed by atoms with E-state index >= 15 is 0 Å². The molecule has 2 aromatic rings. The Morgan fingerprint density at radius 1 is 1.47 bits per heavy atom. The van der Waals surface area contributed by atoms with E-state index in [1.54, 1.807) is 6.33 Å². The van der Waals surface area contributed by atoms with Gasteiger partial charge in [-0.2, -0.15) is 9.97 Å². The zero-order chi connectivity index (χ0) is 11.8. The number of fused-ring (bicyclic) bond motifs is 1. The number of H-pyrrole nitrogens is 1. The Labute approximate surface area is 99.5 Å². The minimum atomic E-state index is 0.624. The highest BCUT2D eigenvalue weighted by Crippen LogP contribution is 2.27. The number of aromatic nitrogens is 4. The Bertz CT molecular complexity index is 534. The lowest BCUT2D eigenvalue weighted by molar-refractivity contribution is 0.659. The largest absolute Gasteiger partial charge is 0.357 e. The summed E-state index contributed by atoms with van der Waals surface area (Å²) in [5.74, 6) is 2.31. The van der Waals surface area contributed by atoms with Crippen molar-refractivity contribution >= 4 is 22.9 Å². The Morgan fingerprint density at radius 3 is 3.06 bits per heavy atom. The van der Waals surface area contributed by atoms with Crippen LogP contribution in [0.5, 0.6) is 0 Å². The van der Waals surface area contributed by atoms with E-state index in [0.29, 0.717) is 5.95 Å². The van der Waals surface area contributed by atoms with Crippen molar-refractivity contribution in [3.05, 3.63) is 6.33 Å². The lowest BCUT2D eigenvalue weighted by Gasteiger charge is -2.17. The molecular formula is C11H16N6. The van der Waals surface area contributed by atoms with Crippen LogP contribution in [-0.2, 0) is 0 Å². The van der Waals surface area contributed by atoms with Gasteiger partial charge in [-0.05, 0) is 12.3 Å². The molecule has 6 heteroatoms. The summed E-state index contributed by atoms with van der Waals surface area (Å²) in [4.78, 5) is 18.5. The summed E-state index contributed by atoms with van der Waals surface area (Å²) in [5.41, 5.74) is 1.65. The standard InChI is InChI=1S/C11H16N6/c1-7-3-4-17(5-7)10-8-9(14-6-13-8)15-11(12-2)16-10/h6-7H,3-5H2,1-2H3,(H2,12,13,14,15,16). The van der Waals surface area contributed by atoms with E-state index in [9.17, 15) is 0 Å². The zero-order valence-corrected chi connectivity index (χ0v) is 10.1. The molecule has 0 saturated carbocycles. The van der Waals surface area contributed by atoms with Crippen LogP contribution in [0.2, 0.25) is 0 Å². The Kier molecular flexibility index (Phi) is 2.35. The van der Waals surface area contributed by atoms with Gasteiger partial charge in [-0.1, -0.05) is 6.92 Å². The molecule has 2 aromatic heterocycles. The highest BCUT2D eigenvalue weighted by atomic mass is 15.3. The molecule has 6 nitrogen and oxygen atoms in total. The predicted octanol–water partition coefficient (Wildman–Crippen LogP) is 1.24. The van der Waals surface area contributed by atoms with Crippen molar-refractivity contribution in [1.82, 2.24) is 19.9 Å². The number of nitrogens with one attached hydrogen (secondary N) is 2. The summed E-state index contributed by atoms with van der Waals surface area (Å²) in [6.07, 6.45) is 2.89. The molecule has 1 atom stereocenters. The number of nitrogens with zero attached hydrogens (tertiary/aromatic N) is 4. The average molecular weight is 232 g/mol. The number of rotatable bonds is 2. The molecule has 0 aliphatic carbocycles. The maximum Gasteiger partial charge on any atom is 0.226 e. The average Bonchev–Trinajstić information content (AvgIpc) is 2.95. The van der Waals surface area contributed by atoms with Gasteiger partial charge in [0, 0.05) is 20.1 Å². The van der Waals surface area contributed by atoms with E-state index in [2.05, 4.69) is 37.1 Å². The predicted molar refractivity (Wildman–Crippen MR) is 67.2 cm³/mol. The normalized spacial score (nSPS) is 20.1. The molecule has 1 aliphatic heterocycles. The minimum absolute atomic E-state index is 0.624. The molecule has 0 aromatic carbocycles. The van der Waals surface area contributed by atoms with Crippen LogP contribution in [0.3, 0.4) is 0 Å².